The van der Waals surface area contributed by atoms with E-state index in [2.05, 4.69) is 0 Å². The van der Waals surface area contributed by atoms with E-state index in [0.717, 1.165) is 10.6 Å². The lowest BCUT2D eigenvalue weighted by Gasteiger charge is -2.25. The highest BCUT2D eigenvalue weighted by Gasteiger charge is 2.28. The van der Waals surface area contributed by atoms with Crippen molar-refractivity contribution in [1.82, 2.24) is 5.06 Å². The number of aliphatic hydroxyl groups is 1. The normalized spacial score (nSPS) is 16.0. The molecule has 0 unspecified atom stereocenters. The van der Waals surface area contributed by atoms with Gasteiger partial charge in [0.15, 0.2) is 0 Å². The van der Waals surface area contributed by atoms with Gasteiger partial charge in [0.05, 0.1) is 19.1 Å². The van der Waals surface area contributed by atoms with Crippen LogP contribution in [-0.2, 0) is 9.63 Å². The molecule has 1 N–H and O–H groups in total. The molecule has 0 rings (SSSR count). The molecule has 0 aromatic rings. The van der Waals surface area contributed by atoms with Crippen LogP contribution < -0.4 is 0 Å². The molecule has 0 saturated heterocycles. The first-order valence-corrected chi connectivity index (χ1v) is 5.12. The summed E-state index contributed by atoms with van der Waals surface area (Å²) in [6.45, 7) is 5.53. The van der Waals surface area contributed by atoms with Gasteiger partial charge in [0.25, 0.3) is 5.91 Å². The zero-order valence-electron chi connectivity index (χ0n) is 10.2. The molecule has 0 fully saturated rings. The molecule has 4 nitrogen and oxygen atoms in total. The maximum absolute atomic E-state index is 11.8. The third kappa shape index (κ3) is 3.64. The van der Waals surface area contributed by atoms with E-state index in [9.17, 15) is 9.90 Å². The SMILES string of the molecule is C/C=C(\C)[C@H](O)[C@@H](CC)C(=O)N(C)OC. The summed E-state index contributed by atoms with van der Waals surface area (Å²) in [7, 11) is 2.97. The Hall–Kier alpha value is -0.870. The molecular formula is C11H21NO3. The Balaban J connectivity index is 4.69. The number of hydroxylamine groups is 2. The summed E-state index contributed by atoms with van der Waals surface area (Å²) in [4.78, 5) is 16.6. The number of allylic oxidation sites excluding steroid dienone is 1. The van der Waals surface area contributed by atoms with E-state index < -0.39 is 12.0 Å². The summed E-state index contributed by atoms with van der Waals surface area (Å²) in [5, 5.41) is 11.1. The Morgan fingerprint density at radius 3 is 2.47 bits per heavy atom. The van der Waals surface area contributed by atoms with Crippen molar-refractivity contribution < 1.29 is 14.7 Å². The van der Waals surface area contributed by atoms with E-state index in [4.69, 9.17) is 4.84 Å². The van der Waals surface area contributed by atoms with Gasteiger partial charge < -0.3 is 5.11 Å². The molecule has 1 amide bonds. The van der Waals surface area contributed by atoms with Crippen LogP contribution in [0.2, 0.25) is 0 Å². The predicted octanol–water partition coefficient (Wildman–Crippen LogP) is 1.36. The molecular weight excluding hydrogens is 194 g/mol. The fourth-order valence-corrected chi connectivity index (χ4v) is 1.34. The molecule has 0 saturated carbocycles. The quantitative estimate of drug-likeness (QED) is 0.556. The molecule has 2 atom stereocenters. The smallest absolute Gasteiger partial charge is 0.251 e. The van der Waals surface area contributed by atoms with E-state index in [1.54, 1.807) is 7.05 Å². The zero-order valence-corrected chi connectivity index (χ0v) is 10.2. The number of aliphatic hydroxyl groups excluding tert-OH is 1. The van der Waals surface area contributed by atoms with Crippen molar-refractivity contribution in [2.24, 2.45) is 5.92 Å². The zero-order chi connectivity index (χ0) is 12.0. The van der Waals surface area contributed by atoms with Crippen LogP contribution in [0.25, 0.3) is 0 Å². The van der Waals surface area contributed by atoms with Crippen LogP contribution in [0, 0.1) is 5.92 Å². The summed E-state index contributed by atoms with van der Waals surface area (Å²) in [5.74, 6) is -0.639. The van der Waals surface area contributed by atoms with Gasteiger partial charge in [-0.1, -0.05) is 13.0 Å². The fraction of sp³-hybridized carbons (Fsp3) is 0.727. The summed E-state index contributed by atoms with van der Waals surface area (Å²) in [6.07, 6.45) is 1.66. The maximum atomic E-state index is 11.8. The van der Waals surface area contributed by atoms with Crippen LogP contribution in [0.3, 0.4) is 0 Å². The lowest BCUT2D eigenvalue weighted by atomic mass is 9.93. The second-order valence-corrected chi connectivity index (χ2v) is 3.51. The monoisotopic (exact) mass is 215 g/mol. The average molecular weight is 215 g/mol. The van der Waals surface area contributed by atoms with Gasteiger partial charge in [0, 0.05) is 7.05 Å². The number of hydrogen-bond donors (Lipinski definition) is 1. The number of amides is 1. The minimum atomic E-state index is -0.731. The van der Waals surface area contributed by atoms with Gasteiger partial charge in [0.2, 0.25) is 0 Å². The van der Waals surface area contributed by atoms with Crippen molar-refractivity contribution in [3.05, 3.63) is 11.6 Å². The first-order valence-electron chi connectivity index (χ1n) is 5.12. The number of hydrogen-bond acceptors (Lipinski definition) is 3. The standard InChI is InChI=1S/C11H21NO3/c1-6-8(3)10(13)9(7-2)11(14)12(4)15-5/h6,9-10,13H,7H2,1-5H3/b8-6+/t9-,10+/m1/s1. The molecule has 0 bridgehead atoms. The van der Waals surface area contributed by atoms with E-state index >= 15 is 0 Å². The van der Waals surface area contributed by atoms with Crippen molar-refractivity contribution in [2.75, 3.05) is 14.2 Å². The Morgan fingerprint density at radius 1 is 1.60 bits per heavy atom. The van der Waals surface area contributed by atoms with E-state index in [-0.39, 0.29) is 5.91 Å². The Morgan fingerprint density at radius 2 is 2.13 bits per heavy atom. The second-order valence-electron chi connectivity index (χ2n) is 3.51. The predicted molar refractivity (Wildman–Crippen MR) is 59.0 cm³/mol. The van der Waals surface area contributed by atoms with Gasteiger partial charge in [-0.25, -0.2) is 5.06 Å². The molecule has 0 spiro atoms. The van der Waals surface area contributed by atoms with Crippen LogP contribution in [-0.4, -0.2) is 36.3 Å². The summed E-state index contributed by atoms with van der Waals surface area (Å²) in [6, 6.07) is 0. The van der Waals surface area contributed by atoms with E-state index in [1.165, 1.54) is 7.11 Å². The molecule has 0 aliphatic rings. The molecule has 4 heteroatoms. The minimum absolute atomic E-state index is 0.200. The Labute approximate surface area is 91.5 Å². The minimum Gasteiger partial charge on any atom is -0.388 e. The van der Waals surface area contributed by atoms with Gasteiger partial charge in [-0.15, -0.1) is 0 Å². The molecule has 0 radical (unpaired) electrons. The number of carbonyl (C=O) groups excluding carboxylic acids is 1. The number of rotatable bonds is 5. The highest BCUT2D eigenvalue weighted by Crippen LogP contribution is 2.18. The molecule has 15 heavy (non-hydrogen) atoms. The topological polar surface area (TPSA) is 49.8 Å². The first-order chi connectivity index (χ1) is 6.99. The lowest BCUT2D eigenvalue weighted by molar-refractivity contribution is -0.176. The third-order valence-corrected chi connectivity index (χ3v) is 2.64. The molecule has 0 aliphatic carbocycles. The van der Waals surface area contributed by atoms with Crippen LogP contribution >= 0.6 is 0 Å². The Kier molecular flexibility index (Phi) is 6.20. The van der Waals surface area contributed by atoms with Crippen LogP contribution in [0.1, 0.15) is 27.2 Å². The molecule has 88 valence electrons. The van der Waals surface area contributed by atoms with Gasteiger partial charge in [-0.05, 0) is 25.8 Å². The molecule has 0 heterocycles. The van der Waals surface area contributed by atoms with Crippen molar-refractivity contribution in [3.8, 4) is 0 Å². The molecule has 0 aromatic carbocycles. The van der Waals surface area contributed by atoms with Crippen molar-refractivity contribution in [1.29, 1.82) is 0 Å². The van der Waals surface area contributed by atoms with Crippen molar-refractivity contribution in [2.45, 2.75) is 33.3 Å². The molecule has 0 aliphatic heterocycles. The number of carbonyl (C=O) groups is 1. The lowest BCUT2D eigenvalue weighted by Crippen LogP contribution is -2.38. The highest BCUT2D eigenvalue weighted by atomic mass is 16.7. The third-order valence-electron chi connectivity index (χ3n) is 2.64. The van der Waals surface area contributed by atoms with E-state index in [1.807, 2.05) is 26.8 Å². The largest absolute Gasteiger partial charge is 0.388 e. The van der Waals surface area contributed by atoms with Gasteiger partial charge in [-0.2, -0.15) is 0 Å². The van der Waals surface area contributed by atoms with Gasteiger partial charge >= 0.3 is 0 Å². The fourth-order valence-electron chi connectivity index (χ4n) is 1.34. The second kappa shape index (κ2) is 6.58. The van der Waals surface area contributed by atoms with Crippen molar-refractivity contribution >= 4 is 5.91 Å². The van der Waals surface area contributed by atoms with Crippen molar-refractivity contribution in [3.63, 3.8) is 0 Å². The number of nitrogens with zero attached hydrogens (tertiary/aromatic N) is 1. The van der Waals surface area contributed by atoms with E-state index in [0.29, 0.717) is 6.42 Å². The average Bonchev–Trinajstić information content (AvgIpc) is 2.27. The summed E-state index contributed by atoms with van der Waals surface area (Å²) in [5.41, 5.74) is 0.805. The van der Waals surface area contributed by atoms with Crippen LogP contribution in [0.4, 0.5) is 0 Å². The molecule has 0 aromatic heterocycles. The summed E-state index contributed by atoms with van der Waals surface area (Å²) < 4.78 is 0. The summed E-state index contributed by atoms with van der Waals surface area (Å²) >= 11 is 0. The maximum Gasteiger partial charge on any atom is 0.251 e. The van der Waals surface area contributed by atoms with Gasteiger partial charge in [-0.3, -0.25) is 9.63 Å². The van der Waals surface area contributed by atoms with Gasteiger partial charge in [0.1, 0.15) is 0 Å². The highest BCUT2D eigenvalue weighted by molar-refractivity contribution is 5.78. The van der Waals surface area contributed by atoms with Crippen LogP contribution in [0.5, 0.6) is 0 Å². The van der Waals surface area contributed by atoms with Crippen LogP contribution in [0.15, 0.2) is 11.6 Å². The Bertz CT molecular complexity index is 238. The first kappa shape index (κ1) is 14.1.